The zero-order valence-corrected chi connectivity index (χ0v) is 10.5. The monoisotopic (exact) mass is 212 g/mol. The Bertz CT molecular complexity index is 272. The molecule has 1 aromatic heterocycles. The van der Waals surface area contributed by atoms with Gasteiger partial charge in [0.1, 0.15) is 5.01 Å². The SMILES string of the molecule is CNC(CC(C)C)c1nc(C)c(C)s1. The summed E-state index contributed by atoms with van der Waals surface area (Å²) in [4.78, 5) is 5.93. The van der Waals surface area contributed by atoms with E-state index in [0.29, 0.717) is 12.0 Å². The molecule has 0 saturated carbocycles. The molecule has 3 heteroatoms. The van der Waals surface area contributed by atoms with Gasteiger partial charge in [-0.05, 0) is 33.2 Å². The van der Waals surface area contributed by atoms with Crippen LogP contribution in [0.2, 0.25) is 0 Å². The van der Waals surface area contributed by atoms with Crippen molar-refractivity contribution in [3.8, 4) is 0 Å². The Balaban J connectivity index is 2.78. The lowest BCUT2D eigenvalue weighted by atomic mass is 10.0. The summed E-state index contributed by atoms with van der Waals surface area (Å²) in [5, 5.41) is 4.57. The molecule has 1 unspecified atom stereocenters. The highest BCUT2D eigenvalue weighted by molar-refractivity contribution is 7.11. The van der Waals surface area contributed by atoms with E-state index in [1.54, 1.807) is 0 Å². The number of aromatic nitrogens is 1. The molecule has 0 radical (unpaired) electrons. The van der Waals surface area contributed by atoms with E-state index in [1.165, 1.54) is 15.6 Å². The van der Waals surface area contributed by atoms with Crippen molar-refractivity contribution < 1.29 is 0 Å². The summed E-state index contributed by atoms with van der Waals surface area (Å²) in [5.41, 5.74) is 1.18. The molecule has 1 aromatic rings. The van der Waals surface area contributed by atoms with Crippen LogP contribution in [0.25, 0.3) is 0 Å². The highest BCUT2D eigenvalue weighted by Gasteiger charge is 2.15. The first-order valence-electron chi connectivity index (χ1n) is 5.15. The van der Waals surface area contributed by atoms with Gasteiger partial charge in [-0.15, -0.1) is 11.3 Å². The average molecular weight is 212 g/mol. The lowest BCUT2D eigenvalue weighted by molar-refractivity contribution is 0.455. The first-order chi connectivity index (χ1) is 6.54. The molecule has 1 atom stereocenters. The Labute approximate surface area is 90.8 Å². The normalized spacial score (nSPS) is 13.6. The molecule has 0 aliphatic rings. The molecular weight excluding hydrogens is 192 g/mol. The number of hydrogen-bond donors (Lipinski definition) is 1. The standard InChI is InChI=1S/C11H20N2S/c1-7(2)6-10(12-5)11-13-8(3)9(4)14-11/h7,10,12H,6H2,1-5H3. The first kappa shape index (κ1) is 11.7. The lowest BCUT2D eigenvalue weighted by Crippen LogP contribution is -2.18. The molecule has 0 bridgehead atoms. The number of aryl methyl sites for hydroxylation is 2. The van der Waals surface area contributed by atoms with Crippen molar-refractivity contribution in [1.29, 1.82) is 0 Å². The molecule has 14 heavy (non-hydrogen) atoms. The van der Waals surface area contributed by atoms with Crippen LogP contribution in [-0.2, 0) is 0 Å². The third-order valence-corrected chi connectivity index (χ3v) is 3.59. The van der Waals surface area contributed by atoms with Crippen LogP contribution in [0, 0.1) is 19.8 Å². The maximum atomic E-state index is 4.59. The summed E-state index contributed by atoms with van der Waals surface area (Å²) in [6, 6.07) is 0.424. The Morgan fingerprint density at radius 3 is 2.36 bits per heavy atom. The minimum Gasteiger partial charge on any atom is -0.311 e. The van der Waals surface area contributed by atoms with Gasteiger partial charge >= 0.3 is 0 Å². The number of rotatable bonds is 4. The maximum Gasteiger partial charge on any atom is 0.110 e. The fourth-order valence-electron chi connectivity index (χ4n) is 1.46. The molecule has 0 fully saturated rings. The molecule has 1 rings (SSSR count). The highest BCUT2D eigenvalue weighted by Crippen LogP contribution is 2.26. The fourth-order valence-corrected chi connectivity index (χ4v) is 2.51. The fraction of sp³-hybridized carbons (Fsp3) is 0.727. The Morgan fingerprint density at radius 2 is 2.00 bits per heavy atom. The van der Waals surface area contributed by atoms with Gasteiger partial charge in [-0.3, -0.25) is 0 Å². The quantitative estimate of drug-likeness (QED) is 0.829. The summed E-state index contributed by atoms with van der Waals surface area (Å²) in [7, 11) is 2.01. The topological polar surface area (TPSA) is 24.9 Å². The molecule has 80 valence electrons. The van der Waals surface area contributed by atoms with Crippen molar-refractivity contribution in [1.82, 2.24) is 10.3 Å². The Hall–Kier alpha value is -0.410. The van der Waals surface area contributed by atoms with Gasteiger partial charge in [0.2, 0.25) is 0 Å². The molecule has 1 heterocycles. The second kappa shape index (κ2) is 4.89. The molecule has 0 aliphatic heterocycles. The molecule has 0 aliphatic carbocycles. The maximum absolute atomic E-state index is 4.59. The van der Waals surface area contributed by atoms with Gasteiger partial charge in [0, 0.05) is 4.88 Å². The van der Waals surface area contributed by atoms with E-state index in [0.717, 1.165) is 6.42 Å². The third kappa shape index (κ3) is 2.79. The predicted molar refractivity (Wildman–Crippen MR) is 62.8 cm³/mol. The predicted octanol–water partition coefficient (Wildman–Crippen LogP) is 3.07. The van der Waals surface area contributed by atoms with E-state index in [-0.39, 0.29) is 0 Å². The van der Waals surface area contributed by atoms with Crippen molar-refractivity contribution in [2.24, 2.45) is 5.92 Å². The van der Waals surface area contributed by atoms with Crippen molar-refractivity contribution >= 4 is 11.3 Å². The molecule has 0 amide bonds. The molecule has 0 aromatic carbocycles. The molecule has 2 nitrogen and oxygen atoms in total. The smallest absolute Gasteiger partial charge is 0.110 e. The summed E-state index contributed by atoms with van der Waals surface area (Å²) >= 11 is 1.82. The van der Waals surface area contributed by atoms with Crippen LogP contribution in [-0.4, -0.2) is 12.0 Å². The number of nitrogens with zero attached hydrogens (tertiary/aromatic N) is 1. The third-order valence-electron chi connectivity index (χ3n) is 2.40. The first-order valence-corrected chi connectivity index (χ1v) is 5.97. The van der Waals surface area contributed by atoms with Gasteiger partial charge in [-0.1, -0.05) is 13.8 Å². The minimum atomic E-state index is 0.424. The highest BCUT2D eigenvalue weighted by atomic mass is 32.1. The lowest BCUT2D eigenvalue weighted by Gasteiger charge is -2.15. The van der Waals surface area contributed by atoms with Crippen LogP contribution in [0.5, 0.6) is 0 Å². The van der Waals surface area contributed by atoms with Crippen molar-refractivity contribution in [2.75, 3.05) is 7.05 Å². The minimum absolute atomic E-state index is 0.424. The van der Waals surface area contributed by atoms with Crippen LogP contribution < -0.4 is 5.32 Å². The average Bonchev–Trinajstić information content (AvgIpc) is 2.42. The Kier molecular flexibility index (Phi) is 4.08. The van der Waals surface area contributed by atoms with Crippen LogP contribution >= 0.6 is 11.3 Å². The molecular formula is C11H20N2S. The zero-order valence-electron chi connectivity index (χ0n) is 9.72. The van der Waals surface area contributed by atoms with E-state index in [1.807, 2.05) is 18.4 Å². The van der Waals surface area contributed by atoms with E-state index < -0.39 is 0 Å². The van der Waals surface area contributed by atoms with Crippen molar-refractivity contribution in [3.05, 3.63) is 15.6 Å². The van der Waals surface area contributed by atoms with Crippen molar-refractivity contribution in [3.63, 3.8) is 0 Å². The Morgan fingerprint density at radius 1 is 1.36 bits per heavy atom. The van der Waals surface area contributed by atoms with Gasteiger partial charge in [0.05, 0.1) is 11.7 Å². The van der Waals surface area contributed by atoms with Gasteiger partial charge in [0.25, 0.3) is 0 Å². The van der Waals surface area contributed by atoms with E-state index in [9.17, 15) is 0 Å². The van der Waals surface area contributed by atoms with Crippen molar-refractivity contribution in [2.45, 2.75) is 40.2 Å². The summed E-state index contributed by atoms with van der Waals surface area (Å²) in [6.45, 7) is 8.71. The summed E-state index contributed by atoms with van der Waals surface area (Å²) in [6.07, 6.45) is 1.16. The molecule has 0 spiro atoms. The number of thiazole rings is 1. The van der Waals surface area contributed by atoms with E-state index in [2.05, 4.69) is 38.0 Å². The van der Waals surface area contributed by atoms with Crippen LogP contribution in [0.15, 0.2) is 0 Å². The van der Waals surface area contributed by atoms with Crippen LogP contribution in [0.4, 0.5) is 0 Å². The van der Waals surface area contributed by atoms with Crippen LogP contribution in [0.1, 0.15) is 41.9 Å². The second-order valence-corrected chi connectivity index (χ2v) is 5.40. The largest absolute Gasteiger partial charge is 0.311 e. The second-order valence-electron chi connectivity index (χ2n) is 4.16. The zero-order chi connectivity index (χ0) is 10.7. The van der Waals surface area contributed by atoms with Gasteiger partial charge in [-0.25, -0.2) is 4.98 Å². The van der Waals surface area contributed by atoms with E-state index >= 15 is 0 Å². The van der Waals surface area contributed by atoms with Gasteiger partial charge < -0.3 is 5.32 Å². The van der Waals surface area contributed by atoms with Gasteiger partial charge in [-0.2, -0.15) is 0 Å². The number of nitrogens with one attached hydrogen (secondary N) is 1. The van der Waals surface area contributed by atoms with E-state index in [4.69, 9.17) is 0 Å². The molecule has 0 saturated heterocycles. The van der Waals surface area contributed by atoms with Crippen LogP contribution in [0.3, 0.4) is 0 Å². The molecule has 1 N–H and O–H groups in total. The van der Waals surface area contributed by atoms with Gasteiger partial charge in [0.15, 0.2) is 0 Å². The summed E-state index contributed by atoms with van der Waals surface area (Å²) in [5.74, 6) is 0.706. The number of hydrogen-bond acceptors (Lipinski definition) is 3. The summed E-state index contributed by atoms with van der Waals surface area (Å²) < 4.78 is 0.